The van der Waals surface area contributed by atoms with Crippen LogP contribution < -0.4 is 0 Å². The van der Waals surface area contributed by atoms with Crippen molar-refractivity contribution in [2.45, 2.75) is 44.5 Å². The van der Waals surface area contributed by atoms with Gasteiger partial charge < -0.3 is 5.11 Å². The van der Waals surface area contributed by atoms with Crippen molar-refractivity contribution in [3.63, 3.8) is 0 Å². The first-order valence-electron chi connectivity index (χ1n) is 6.92. The zero-order chi connectivity index (χ0) is 14.3. The van der Waals surface area contributed by atoms with Gasteiger partial charge in [0.25, 0.3) is 0 Å². The van der Waals surface area contributed by atoms with Crippen LogP contribution in [0.25, 0.3) is 0 Å². The summed E-state index contributed by atoms with van der Waals surface area (Å²) in [5, 5.41) is 10.6. The summed E-state index contributed by atoms with van der Waals surface area (Å²) in [5.74, 6) is 2.33. The molecule has 0 saturated carbocycles. The Morgan fingerprint density at radius 2 is 1.95 bits per heavy atom. The van der Waals surface area contributed by atoms with Gasteiger partial charge in [-0.15, -0.1) is 22.7 Å². The molecule has 0 saturated heterocycles. The van der Waals surface area contributed by atoms with Gasteiger partial charge in [-0.25, -0.2) is 0 Å². The number of hydrogen-bond acceptors (Lipinski definition) is 4. The lowest BCUT2D eigenvalue weighted by molar-refractivity contribution is 0.228. The van der Waals surface area contributed by atoms with E-state index >= 15 is 0 Å². The summed E-state index contributed by atoms with van der Waals surface area (Å²) >= 11 is 5.53. The number of aryl methyl sites for hydroxylation is 1. The number of fused-ring (bicyclic) bond motifs is 1. The Morgan fingerprint density at radius 1 is 1.15 bits per heavy atom. The fraction of sp³-hybridized carbons (Fsp3) is 0.500. The van der Waals surface area contributed by atoms with E-state index < -0.39 is 6.10 Å². The average molecular weight is 325 g/mol. The normalized spacial score (nSPS) is 17.0. The standard InChI is InChI=1S/C16H20OS3/c1-16(2,3)14-5-4-12(20-14)15(17)13-8-10-9-18-7-6-11(10)19-13/h4-5,8,15,17H,6-7,9H2,1-3H3. The third-order valence-electron chi connectivity index (χ3n) is 3.55. The van der Waals surface area contributed by atoms with Crippen LogP contribution in [0.3, 0.4) is 0 Å². The average Bonchev–Trinajstić information content (AvgIpc) is 3.04. The fourth-order valence-electron chi connectivity index (χ4n) is 2.35. The molecule has 0 bridgehead atoms. The molecule has 4 heteroatoms. The largest absolute Gasteiger partial charge is 0.382 e. The molecule has 1 aliphatic rings. The maximum Gasteiger partial charge on any atom is 0.122 e. The quantitative estimate of drug-likeness (QED) is 0.841. The molecule has 0 amide bonds. The molecule has 1 atom stereocenters. The zero-order valence-corrected chi connectivity index (χ0v) is 14.6. The smallest absolute Gasteiger partial charge is 0.122 e. The van der Waals surface area contributed by atoms with Crippen LogP contribution in [0.2, 0.25) is 0 Å². The monoisotopic (exact) mass is 324 g/mol. The van der Waals surface area contributed by atoms with Crippen molar-refractivity contribution in [2.75, 3.05) is 5.75 Å². The first kappa shape index (κ1) is 14.6. The molecule has 0 spiro atoms. The first-order chi connectivity index (χ1) is 9.45. The first-order valence-corrected chi connectivity index (χ1v) is 9.71. The molecule has 20 heavy (non-hydrogen) atoms. The molecule has 0 fully saturated rings. The van der Waals surface area contributed by atoms with Crippen molar-refractivity contribution in [1.82, 2.24) is 0 Å². The Balaban J connectivity index is 1.86. The lowest BCUT2D eigenvalue weighted by atomic mass is 9.95. The third kappa shape index (κ3) is 2.84. The van der Waals surface area contributed by atoms with Gasteiger partial charge in [0.15, 0.2) is 0 Å². The second-order valence-electron chi connectivity index (χ2n) is 6.25. The predicted molar refractivity (Wildman–Crippen MR) is 91.3 cm³/mol. The van der Waals surface area contributed by atoms with Crippen LogP contribution >= 0.6 is 34.4 Å². The van der Waals surface area contributed by atoms with Gasteiger partial charge in [0.2, 0.25) is 0 Å². The molecular weight excluding hydrogens is 304 g/mol. The summed E-state index contributed by atoms with van der Waals surface area (Å²) in [6.45, 7) is 6.65. The highest BCUT2D eigenvalue weighted by molar-refractivity contribution is 7.98. The molecule has 2 aromatic rings. The van der Waals surface area contributed by atoms with Crippen molar-refractivity contribution in [3.05, 3.63) is 43.3 Å². The Hall–Kier alpha value is -0.290. The summed E-state index contributed by atoms with van der Waals surface area (Å²) < 4.78 is 0. The Bertz CT molecular complexity index is 580. The zero-order valence-electron chi connectivity index (χ0n) is 12.1. The van der Waals surface area contributed by atoms with Crippen molar-refractivity contribution >= 4 is 34.4 Å². The number of thioether (sulfide) groups is 1. The van der Waals surface area contributed by atoms with Crippen molar-refractivity contribution in [3.8, 4) is 0 Å². The minimum absolute atomic E-state index is 0.161. The number of thiophene rings is 2. The maximum atomic E-state index is 10.6. The van der Waals surface area contributed by atoms with Crippen LogP contribution in [0.4, 0.5) is 0 Å². The predicted octanol–water partition coefficient (Wildman–Crippen LogP) is 4.98. The summed E-state index contributed by atoms with van der Waals surface area (Å²) in [6.07, 6.45) is 0.714. The Morgan fingerprint density at radius 3 is 2.60 bits per heavy atom. The molecule has 0 aromatic carbocycles. The van der Waals surface area contributed by atoms with Crippen LogP contribution in [0, 0.1) is 0 Å². The van der Waals surface area contributed by atoms with E-state index in [4.69, 9.17) is 0 Å². The van der Waals surface area contributed by atoms with Gasteiger partial charge in [0, 0.05) is 25.3 Å². The highest BCUT2D eigenvalue weighted by Crippen LogP contribution is 2.39. The van der Waals surface area contributed by atoms with E-state index in [9.17, 15) is 5.11 Å². The van der Waals surface area contributed by atoms with Crippen molar-refractivity contribution < 1.29 is 5.11 Å². The maximum absolute atomic E-state index is 10.6. The molecule has 108 valence electrons. The van der Waals surface area contributed by atoms with Gasteiger partial charge in [0.05, 0.1) is 0 Å². The molecule has 0 aliphatic carbocycles. The molecule has 1 aliphatic heterocycles. The van der Waals surface area contributed by atoms with Gasteiger partial charge in [-0.3, -0.25) is 0 Å². The van der Waals surface area contributed by atoms with Crippen LogP contribution in [0.5, 0.6) is 0 Å². The van der Waals surface area contributed by atoms with E-state index in [0.29, 0.717) is 0 Å². The molecule has 3 heterocycles. The Labute approximate surface area is 133 Å². The second-order valence-corrected chi connectivity index (χ2v) is 9.64. The summed E-state index contributed by atoms with van der Waals surface area (Å²) in [6, 6.07) is 6.46. The fourth-order valence-corrected chi connectivity index (χ4v) is 5.88. The summed E-state index contributed by atoms with van der Waals surface area (Å²) in [4.78, 5) is 5.00. The van der Waals surface area contributed by atoms with Gasteiger partial charge >= 0.3 is 0 Å². The van der Waals surface area contributed by atoms with E-state index in [-0.39, 0.29) is 5.41 Å². The van der Waals surface area contributed by atoms with Gasteiger partial charge in [-0.1, -0.05) is 20.8 Å². The molecule has 2 aromatic heterocycles. The van der Waals surface area contributed by atoms with E-state index in [0.717, 1.165) is 21.9 Å². The van der Waals surface area contributed by atoms with Crippen molar-refractivity contribution in [1.29, 1.82) is 0 Å². The van der Waals surface area contributed by atoms with Crippen LogP contribution in [0.15, 0.2) is 18.2 Å². The van der Waals surface area contributed by atoms with E-state index in [1.807, 2.05) is 11.8 Å². The minimum Gasteiger partial charge on any atom is -0.382 e. The third-order valence-corrected chi connectivity index (χ3v) is 7.41. The van der Waals surface area contributed by atoms with Crippen LogP contribution in [-0.2, 0) is 17.6 Å². The van der Waals surface area contributed by atoms with E-state index in [2.05, 4.69) is 39.0 Å². The number of aliphatic hydroxyl groups is 1. The Kier molecular flexibility index (Phi) is 4.01. The van der Waals surface area contributed by atoms with Crippen molar-refractivity contribution in [2.24, 2.45) is 0 Å². The molecule has 1 unspecified atom stereocenters. The number of aliphatic hydroxyl groups excluding tert-OH is 1. The molecular formula is C16H20OS3. The van der Waals surface area contributed by atoms with Gasteiger partial charge in [-0.2, -0.15) is 11.8 Å². The topological polar surface area (TPSA) is 20.2 Å². The highest BCUT2D eigenvalue weighted by atomic mass is 32.2. The summed E-state index contributed by atoms with van der Waals surface area (Å²) in [7, 11) is 0. The van der Waals surface area contributed by atoms with Crippen LogP contribution in [0.1, 0.15) is 51.9 Å². The highest BCUT2D eigenvalue weighted by Gasteiger charge is 2.22. The lowest BCUT2D eigenvalue weighted by Crippen LogP contribution is -2.07. The molecule has 3 rings (SSSR count). The summed E-state index contributed by atoms with van der Waals surface area (Å²) in [5.41, 5.74) is 1.60. The number of hydrogen-bond donors (Lipinski definition) is 1. The lowest BCUT2D eigenvalue weighted by Gasteiger charge is -2.15. The molecule has 1 N–H and O–H groups in total. The van der Waals surface area contributed by atoms with E-state index in [1.54, 1.807) is 22.7 Å². The van der Waals surface area contributed by atoms with Gasteiger partial charge in [0.1, 0.15) is 6.10 Å². The SMILES string of the molecule is CC(C)(C)c1ccc(C(O)c2cc3c(s2)CCSC3)s1. The molecule has 0 radical (unpaired) electrons. The van der Waals surface area contributed by atoms with E-state index in [1.165, 1.54) is 21.1 Å². The minimum atomic E-state index is -0.448. The number of rotatable bonds is 2. The van der Waals surface area contributed by atoms with Gasteiger partial charge in [-0.05, 0) is 41.4 Å². The van der Waals surface area contributed by atoms with Crippen LogP contribution in [-0.4, -0.2) is 10.9 Å². The second kappa shape index (κ2) is 5.48. The molecule has 1 nitrogen and oxygen atoms in total.